The van der Waals surface area contributed by atoms with E-state index < -0.39 is 0 Å². The van der Waals surface area contributed by atoms with Crippen molar-refractivity contribution >= 4 is 0 Å². The number of ether oxygens (including phenoxy) is 1. The van der Waals surface area contributed by atoms with Gasteiger partial charge in [-0.15, -0.1) is 0 Å². The van der Waals surface area contributed by atoms with Crippen LogP contribution >= 0.6 is 0 Å². The molecule has 0 N–H and O–H groups in total. The summed E-state index contributed by atoms with van der Waals surface area (Å²) < 4.78 is 6.10. The van der Waals surface area contributed by atoms with Crippen LogP contribution in [0.5, 0.6) is 0 Å². The lowest BCUT2D eigenvalue weighted by Crippen LogP contribution is -2.30. The summed E-state index contributed by atoms with van der Waals surface area (Å²) in [6.07, 6.45) is 9.88. The number of hydrogen-bond donors (Lipinski definition) is 0. The van der Waals surface area contributed by atoms with E-state index in [4.69, 9.17) is 4.74 Å². The molecule has 0 spiro atoms. The fourth-order valence-electron chi connectivity index (χ4n) is 2.19. The van der Waals surface area contributed by atoms with E-state index in [2.05, 4.69) is 41.5 Å². The summed E-state index contributed by atoms with van der Waals surface area (Å²) >= 11 is 0. The predicted molar refractivity (Wildman–Crippen MR) is 82.0 cm³/mol. The Morgan fingerprint density at radius 2 is 1.44 bits per heavy atom. The topological polar surface area (TPSA) is 9.23 Å². The lowest BCUT2D eigenvalue weighted by atomic mass is 9.85. The quantitative estimate of drug-likeness (QED) is 0.447. The van der Waals surface area contributed by atoms with E-state index in [1.54, 1.807) is 0 Å². The highest BCUT2D eigenvalue weighted by atomic mass is 16.5. The second-order valence-electron chi connectivity index (χ2n) is 7.14. The molecule has 0 rings (SSSR count). The van der Waals surface area contributed by atoms with Crippen LogP contribution in [-0.2, 0) is 4.74 Å². The fourth-order valence-corrected chi connectivity index (χ4v) is 2.19. The Balaban J connectivity index is 3.81. The molecule has 1 nitrogen and oxygen atoms in total. The fraction of sp³-hybridized carbons (Fsp3) is 1.00. The van der Waals surface area contributed by atoms with Crippen molar-refractivity contribution < 1.29 is 4.74 Å². The van der Waals surface area contributed by atoms with Gasteiger partial charge in [0.15, 0.2) is 0 Å². The van der Waals surface area contributed by atoms with Crippen LogP contribution in [0.4, 0.5) is 0 Å². The molecule has 0 aromatic rings. The summed E-state index contributed by atoms with van der Waals surface area (Å²) in [6, 6.07) is 0. The largest absolute Gasteiger partial charge is 0.377 e. The van der Waals surface area contributed by atoms with E-state index in [-0.39, 0.29) is 5.41 Å². The van der Waals surface area contributed by atoms with Gasteiger partial charge in [-0.05, 0) is 17.8 Å². The Hall–Kier alpha value is -0.0400. The van der Waals surface area contributed by atoms with Gasteiger partial charge in [-0.25, -0.2) is 0 Å². The summed E-state index contributed by atoms with van der Waals surface area (Å²) in [4.78, 5) is 0. The van der Waals surface area contributed by atoms with Crippen LogP contribution in [0, 0.1) is 11.3 Å². The maximum Gasteiger partial charge on any atom is 0.0623 e. The number of rotatable bonds is 10. The van der Waals surface area contributed by atoms with Gasteiger partial charge in [0.2, 0.25) is 0 Å². The SMILES string of the molecule is CCCCCCCCC(OCC(C)C)C(C)(C)C. The third-order valence-corrected chi connectivity index (χ3v) is 3.42. The van der Waals surface area contributed by atoms with Crippen LogP contribution in [0.2, 0.25) is 0 Å². The summed E-state index contributed by atoms with van der Waals surface area (Å²) in [5.74, 6) is 0.638. The van der Waals surface area contributed by atoms with Gasteiger partial charge in [-0.1, -0.05) is 80.1 Å². The van der Waals surface area contributed by atoms with Crippen molar-refractivity contribution in [2.24, 2.45) is 11.3 Å². The molecule has 18 heavy (non-hydrogen) atoms. The normalized spacial score (nSPS) is 14.2. The lowest BCUT2D eigenvalue weighted by Gasteiger charge is -2.31. The minimum Gasteiger partial charge on any atom is -0.377 e. The Morgan fingerprint density at radius 1 is 0.889 bits per heavy atom. The molecule has 110 valence electrons. The van der Waals surface area contributed by atoms with E-state index >= 15 is 0 Å². The molecule has 0 aliphatic heterocycles. The third kappa shape index (κ3) is 9.94. The van der Waals surface area contributed by atoms with E-state index in [1.165, 1.54) is 44.9 Å². The zero-order valence-electron chi connectivity index (χ0n) is 13.7. The molecule has 0 bridgehead atoms. The lowest BCUT2D eigenvalue weighted by molar-refractivity contribution is -0.0351. The van der Waals surface area contributed by atoms with Crippen molar-refractivity contribution in [2.45, 2.75) is 92.6 Å². The molecule has 0 aromatic carbocycles. The van der Waals surface area contributed by atoms with Crippen molar-refractivity contribution in [1.29, 1.82) is 0 Å². The van der Waals surface area contributed by atoms with Crippen LogP contribution < -0.4 is 0 Å². The summed E-state index contributed by atoms with van der Waals surface area (Å²) in [5, 5.41) is 0. The van der Waals surface area contributed by atoms with Crippen molar-refractivity contribution in [3.05, 3.63) is 0 Å². The predicted octanol–water partition coefficient (Wildman–Crippen LogP) is 5.82. The highest BCUT2D eigenvalue weighted by molar-refractivity contribution is 4.74. The van der Waals surface area contributed by atoms with Gasteiger partial charge in [-0.2, -0.15) is 0 Å². The first-order valence-electron chi connectivity index (χ1n) is 7.99. The molecule has 0 aromatic heterocycles. The average molecular weight is 256 g/mol. The highest BCUT2D eigenvalue weighted by Gasteiger charge is 2.24. The van der Waals surface area contributed by atoms with Gasteiger partial charge in [0.05, 0.1) is 6.10 Å². The maximum atomic E-state index is 6.10. The van der Waals surface area contributed by atoms with Gasteiger partial charge < -0.3 is 4.74 Å². The number of hydrogen-bond acceptors (Lipinski definition) is 1. The highest BCUT2D eigenvalue weighted by Crippen LogP contribution is 2.27. The van der Waals surface area contributed by atoms with Crippen molar-refractivity contribution in [2.75, 3.05) is 6.61 Å². The summed E-state index contributed by atoms with van der Waals surface area (Å²) in [6.45, 7) is 14.5. The zero-order chi connectivity index (χ0) is 14.0. The molecule has 1 atom stereocenters. The molecule has 0 fully saturated rings. The molecule has 0 radical (unpaired) electrons. The maximum absolute atomic E-state index is 6.10. The number of unbranched alkanes of at least 4 members (excludes halogenated alkanes) is 5. The van der Waals surface area contributed by atoms with Gasteiger partial charge in [-0.3, -0.25) is 0 Å². The van der Waals surface area contributed by atoms with Crippen molar-refractivity contribution in [3.8, 4) is 0 Å². The molecule has 0 amide bonds. The monoisotopic (exact) mass is 256 g/mol. The molecular weight excluding hydrogens is 220 g/mol. The van der Waals surface area contributed by atoms with E-state index in [0.29, 0.717) is 12.0 Å². The van der Waals surface area contributed by atoms with E-state index in [0.717, 1.165) is 6.61 Å². The summed E-state index contributed by atoms with van der Waals surface area (Å²) in [5.41, 5.74) is 0.276. The van der Waals surface area contributed by atoms with Crippen LogP contribution in [0.3, 0.4) is 0 Å². The van der Waals surface area contributed by atoms with E-state index in [1.807, 2.05) is 0 Å². The minimum absolute atomic E-state index is 0.276. The molecule has 0 heterocycles. The average Bonchev–Trinajstić information content (AvgIpc) is 2.25. The Bertz CT molecular complexity index is 179. The van der Waals surface area contributed by atoms with Crippen molar-refractivity contribution in [1.82, 2.24) is 0 Å². The van der Waals surface area contributed by atoms with Crippen LogP contribution in [0.15, 0.2) is 0 Å². The van der Waals surface area contributed by atoms with Gasteiger partial charge >= 0.3 is 0 Å². The molecular formula is C17H36O. The van der Waals surface area contributed by atoms with Gasteiger partial charge in [0, 0.05) is 6.61 Å². The second kappa shape index (κ2) is 9.83. The molecule has 0 aliphatic rings. The molecule has 0 saturated heterocycles. The Kier molecular flexibility index (Phi) is 9.81. The second-order valence-corrected chi connectivity index (χ2v) is 7.14. The smallest absolute Gasteiger partial charge is 0.0623 e. The summed E-state index contributed by atoms with van der Waals surface area (Å²) in [7, 11) is 0. The molecule has 0 saturated carbocycles. The van der Waals surface area contributed by atoms with Gasteiger partial charge in [0.1, 0.15) is 0 Å². The molecule has 0 aliphatic carbocycles. The van der Waals surface area contributed by atoms with Gasteiger partial charge in [0.25, 0.3) is 0 Å². The van der Waals surface area contributed by atoms with Crippen molar-refractivity contribution in [3.63, 3.8) is 0 Å². The standard InChI is InChI=1S/C17H36O/c1-7-8-9-10-11-12-13-16(17(4,5)6)18-14-15(2)3/h15-16H,7-14H2,1-6H3. The van der Waals surface area contributed by atoms with Crippen LogP contribution in [0.1, 0.15) is 86.5 Å². The third-order valence-electron chi connectivity index (χ3n) is 3.42. The first-order valence-corrected chi connectivity index (χ1v) is 7.99. The minimum atomic E-state index is 0.276. The first kappa shape index (κ1) is 18.0. The van der Waals surface area contributed by atoms with Crippen LogP contribution in [-0.4, -0.2) is 12.7 Å². The molecule has 1 unspecified atom stereocenters. The van der Waals surface area contributed by atoms with Crippen LogP contribution in [0.25, 0.3) is 0 Å². The Labute approximate surface area is 116 Å². The first-order chi connectivity index (χ1) is 8.38. The molecule has 1 heteroatoms. The Morgan fingerprint density at radius 3 is 1.94 bits per heavy atom. The zero-order valence-corrected chi connectivity index (χ0v) is 13.7. The van der Waals surface area contributed by atoms with E-state index in [9.17, 15) is 0 Å².